The molecule has 0 fully saturated rings. The van der Waals surface area contributed by atoms with Gasteiger partial charge in [0.2, 0.25) is 5.91 Å². The third-order valence-corrected chi connectivity index (χ3v) is 2.58. The Morgan fingerprint density at radius 1 is 1.31 bits per heavy atom. The van der Waals surface area contributed by atoms with Gasteiger partial charge in [-0.1, -0.05) is 6.07 Å². The van der Waals surface area contributed by atoms with E-state index in [1.54, 1.807) is 19.0 Å². The highest BCUT2D eigenvalue weighted by Crippen LogP contribution is 2.17. The first-order chi connectivity index (χ1) is 7.06. The van der Waals surface area contributed by atoms with Gasteiger partial charge in [0.1, 0.15) is 0 Å². The zero-order valence-electron chi connectivity index (χ0n) is 10.2. The van der Waals surface area contributed by atoms with Crippen molar-refractivity contribution in [3.63, 3.8) is 0 Å². The summed E-state index contributed by atoms with van der Waals surface area (Å²) in [5.41, 5.74) is 3.39. The molecule has 0 aliphatic rings. The van der Waals surface area contributed by atoms with Crippen LogP contribution in [0, 0.1) is 13.8 Å². The van der Waals surface area contributed by atoms with Crippen LogP contribution < -0.4 is 10.2 Å². The Morgan fingerprint density at radius 3 is 2.44 bits per heavy atom. The van der Waals surface area contributed by atoms with Crippen LogP contribution in [0.25, 0.3) is 0 Å². The molecule has 0 aliphatic heterocycles. The molecule has 0 bridgehead atoms. The molecule has 0 unspecified atom stereocenters. The fourth-order valence-electron chi connectivity index (χ4n) is 1.35. The fourth-order valence-corrected chi connectivity index (χ4v) is 1.35. The second-order valence-electron chi connectivity index (χ2n) is 3.75. The Balaban J connectivity index is 0.00000225. The molecule has 1 aromatic rings. The Kier molecular flexibility index (Phi) is 6.08. The molecule has 0 aliphatic carbocycles. The van der Waals surface area contributed by atoms with Crippen LogP contribution in [0.1, 0.15) is 11.1 Å². The predicted octanol–water partition coefficient (Wildman–Crippen LogP) is 1.91. The number of carbonyl (C=O) groups excluding carboxylic acids is 1. The number of rotatable bonds is 3. The summed E-state index contributed by atoms with van der Waals surface area (Å²) in [6.07, 6.45) is 0. The number of amides is 1. The van der Waals surface area contributed by atoms with Crippen molar-refractivity contribution in [1.29, 1.82) is 0 Å². The lowest BCUT2D eigenvalue weighted by atomic mass is 10.1. The highest BCUT2D eigenvalue weighted by Gasteiger charge is 2.09. The quantitative estimate of drug-likeness (QED) is 0.878. The Bertz CT molecular complexity index is 366. The normalized spacial score (nSPS) is 9.50. The zero-order chi connectivity index (χ0) is 11.4. The van der Waals surface area contributed by atoms with E-state index in [0.717, 1.165) is 5.69 Å². The van der Waals surface area contributed by atoms with Gasteiger partial charge in [-0.15, -0.1) is 12.4 Å². The number of aryl methyl sites for hydroxylation is 2. The molecular weight excluding hydrogens is 224 g/mol. The Labute approximate surface area is 103 Å². The van der Waals surface area contributed by atoms with Crippen LogP contribution in [0.15, 0.2) is 18.2 Å². The van der Waals surface area contributed by atoms with Crippen LogP contribution in [-0.4, -0.2) is 26.5 Å². The molecule has 0 saturated heterocycles. The minimum Gasteiger partial charge on any atom is -0.314 e. The molecule has 4 heteroatoms. The average molecular weight is 243 g/mol. The lowest BCUT2D eigenvalue weighted by molar-refractivity contribution is -0.117. The van der Waals surface area contributed by atoms with Gasteiger partial charge < -0.3 is 10.2 Å². The van der Waals surface area contributed by atoms with Gasteiger partial charge >= 0.3 is 0 Å². The third-order valence-electron chi connectivity index (χ3n) is 2.58. The number of nitrogens with zero attached hydrogens (tertiary/aromatic N) is 1. The molecule has 90 valence electrons. The maximum atomic E-state index is 11.6. The first-order valence-corrected chi connectivity index (χ1v) is 5.04. The first kappa shape index (κ1) is 14.9. The highest BCUT2D eigenvalue weighted by molar-refractivity contribution is 5.94. The molecule has 16 heavy (non-hydrogen) atoms. The van der Waals surface area contributed by atoms with E-state index in [2.05, 4.69) is 19.2 Å². The SMILES string of the molecule is CNCC(=O)N(C)c1ccc(C)c(C)c1.Cl. The van der Waals surface area contributed by atoms with Crippen LogP contribution in [-0.2, 0) is 4.79 Å². The molecule has 1 amide bonds. The molecule has 0 heterocycles. The van der Waals surface area contributed by atoms with E-state index in [1.165, 1.54) is 11.1 Å². The molecule has 0 atom stereocenters. The smallest absolute Gasteiger partial charge is 0.240 e. The van der Waals surface area contributed by atoms with Crippen molar-refractivity contribution in [2.45, 2.75) is 13.8 Å². The summed E-state index contributed by atoms with van der Waals surface area (Å²) in [6, 6.07) is 6.03. The van der Waals surface area contributed by atoms with Crippen molar-refractivity contribution >= 4 is 24.0 Å². The first-order valence-electron chi connectivity index (χ1n) is 5.04. The van der Waals surface area contributed by atoms with Gasteiger partial charge in [0.25, 0.3) is 0 Å². The van der Waals surface area contributed by atoms with Crippen molar-refractivity contribution in [3.8, 4) is 0 Å². The monoisotopic (exact) mass is 242 g/mol. The second-order valence-corrected chi connectivity index (χ2v) is 3.75. The van der Waals surface area contributed by atoms with Crippen molar-refractivity contribution in [3.05, 3.63) is 29.3 Å². The zero-order valence-corrected chi connectivity index (χ0v) is 11.0. The van der Waals surface area contributed by atoms with Gasteiger partial charge in [-0.05, 0) is 44.2 Å². The summed E-state index contributed by atoms with van der Waals surface area (Å²) < 4.78 is 0. The van der Waals surface area contributed by atoms with Crippen molar-refractivity contribution in [1.82, 2.24) is 5.32 Å². The van der Waals surface area contributed by atoms with Crippen LogP contribution in [0.2, 0.25) is 0 Å². The van der Waals surface area contributed by atoms with E-state index < -0.39 is 0 Å². The minimum atomic E-state index is 0. The van der Waals surface area contributed by atoms with E-state index in [-0.39, 0.29) is 18.3 Å². The van der Waals surface area contributed by atoms with Gasteiger partial charge in [0.05, 0.1) is 6.54 Å². The number of likely N-dealkylation sites (N-methyl/N-ethyl adjacent to an activating group) is 2. The van der Waals surface area contributed by atoms with E-state index in [1.807, 2.05) is 18.2 Å². The average Bonchev–Trinajstić information content (AvgIpc) is 2.21. The summed E-state index contributed by atoms with van der Waals surface area (Å²) in [7, 11) is 3.57. The summed E-state index contributed by atoms with van der Waals surface area (Å²) >= 11 is 0. The predicted molar refractivity (Wildman–Crippen MR) is 70.5 cm³/mol. The van der Waals surface area contributed by atoms with E-state index in [0.29, 0.717) is 6.54 Å². The molecule has 1 aromatic carbocycles. The Morgan fingerprint density at radius 2 is 1.94 bits per heavy atom. The third kappa shape index (κ3) is 3.51. The summed E-state index contributed by atoms with van der Waals surface area (Å²) in [5, 5.41) is 2.85. The molecule has 0 saturated carbocycles. The van der Waals surface area contributed by atoms with Crippen LogP contribution in [0.5, 0.6) is 0 Å². The summed E-state index contributed by atoms with van der Waals surface area (Å²) in [4.78, 5) is 13.3. The van der Waals surface area contributed by atoms with Crippen LogP contribution in [0.4, 0.5) is 5.69 Å². The number of hydrogen-bond donors (Lipinski definition) is 1. The van der Waals surface area contributed by atoms with Crippen molar-refractivity contribution in [2.75, 3.05) is 25.5 Å². The van der Waals surface area contributed by atoms with Crippen LogP contribution >= 0.6 is 12.4 Å². The topological polar surface area (TPSA) is 32.3 Å². The number of carbonyl (C=O) groups is 1. The minimum absolute atomic E-state index is 0. The van der Waals surface area contributed by atoms with E-state index >= 15 is 0 Å². The summed E-state index contributed by atoms with van der Waals surface area (Å²) in [6.45, 7) is 4.48. The molecule has 1 rings (SSSR count). The van der Waals surface area contributed by atoms with Gasteiger partial charge in [-0.2, -0.15) is 0 Å². The van der Waals surface area contributed by atoms with Gasteiger partial charge in [0, 0.05) is 12.7 Å². The van der Waals surface area contributed by atoms with Gasteiger partial charge in [-0.3, -0.25) is 4.79 Å². The molecule has 1 N–H and O–H groups in total. The summed E-state index contributed by atoms with van der Waals surface area (Å²) in [5.74, 6) is 0.0701. The number of benzene rings is 1. The van der Waals surface area contributed by atoms with Crippen molar-refractivity contribution < 1.29 is 4.79 Å². The molecule has 0 spiro atoms. The van der Waals surface area contributed by atoms with Crippen molar-refractivity contribution in [2.24, 2.45) is 0 Å². The van der Waals surface area contributed by atoms with Gasteiger partial charge in [0.15, 0.2) is 0 Å². The maximum Gasteiger partial charge on any atom is 0.240 e. The standard InChI is InChI=1S/C12H18N2O.ClH/c1-9-5-6-11(7-10(9)2)14(4)12(15)8-13-3;/h5-7,13H,8H2,1-4H3;1H. The van der Waals surface area contributed by atoms with E-state index in [4.69, 9.17) is 0 Å². The number of halogens is 1. The van der Waals surface area contributed by atoms with E-state index in [9.17, 15) is 4.79 Å². The molecule has 0 radical (unpaired) electrons. The van der Waals surface area contributed by atoms with Crippen LogP contribution in [0.3, 0.4) is 0 Å². The fraction of sp³-hybridized carbons (Fsp3) is 0.417. The largest absolute Gasteiger partial charge is 0.314 e. The highest BCUT2D eigenvalue weighted by atomic mass is 35.5. The molecular formula is C12H19ClN2O. The lowest BCUT2D eigenvalue weighted by Gasteiger charge is -2.18. The molecule has 0 aromatic heterocycles. The number of nitrogens with one attached hydrogen (secondary N) is 1. The number of anilines is 1. The van der Waals surface area contributed by atoms with Gasteiger partial charge in [-0.25, -0.2) is 0 Å². The maximum absolute atomic E-state index is 11.6. The lowest BCUT2D eigenvalue weighted by Crippen LogP contribution is -2.34. The number of hydrogen-bond acceptors (Lipinski definition) is 2. The second kappa shape index (κ2) is 6.51. The molecule has 3 nitrogen and oxygen atoms in total. The Hall–Kier alpha value is -1.06.